The fraction of sp³-hybridized carbons (Fsp3) is 1.00. The van der Waals surface area contributed by atoms with Gasteiger partial charge in [-0.05, 0) is 0 Å². The average Bonchev–Trinajstić information content (AvgIpc) is 2.16. The van der Waals surface area contributed by atoms with Crippen molar-refractivity contribution >= 4 is 14.3 Å². The molecule has 16 heavy (non-hydrogen) atoms. The Bertz CT molecular complexity index is 221. The van der Waals surface area contributed by atoms with Crippen LogP contribution in [0.4, 0.5) is 0 Å². The van der Waals surface area contributed by atoms with E-state index >= 15 is 0 Å². The summed E-state index contributed by atoms with van der Waals surface area (Å²) in [7, 11) is -2.18. The van der Waals surface area contributed by atoms with Gasteiger partial charge in [0.1, 0.15) is 0 Å². The van der Waals surface area contributed by atoms with Gasteiger partial charge in [0.25, 0.3) is 0 Å². The minimum atomic E-state index is -3.88. The first-order valence-corrected chi connectivity index (χ1v) is 12.6. The van der Waals surface area contributed by atoms with Crippen molar-refractivity contribution in [2.45, 2.75) is 46.4 Å². The molecular weight excluding hydrogens is 243 g/mol. The van der Waals surface area contributed by atoms with Crippen LogP contribution in [0.3, 0.4) is 0 Å². The van der Waals surface area contributed by atoms with Gasteiger partial charge in [-0.2, -0.15) is 0 Å². The Morgan fingerprint density at radius 3 is 1.56 bits per heavy atom. The van der Waals surface area contributed by atoms with Crippen LogP contribution in [0.2, 0.25) is 19.6 Å². The van der Waals surface area contributed by atoms with Crippen molar-refractivity contribution in [3.63, 3.8) is 0 Å². The normalized spacial score (nSPS) is 16.2. The van der Waals surface area contributed by atoms with E-state index in [1.165, 1.54) is 0 Å². The van der Waals surface area contributed by atoms with E-state index < -0.39 is 20.4 Å². The van der Waals surface area contributed by atoms with Crippen molar-refractivity contribution in [1.82, 2.24) is 0 Å². The second-order valence-corrected chi connectivity index (χ2v) is 19.9. The first kappa shape index (κ1) is 16.5. The van der Waals surface area contributed by atoms with Gasteiger partial charge in [-0.25, -0.2) is 0 Å². The summed E-state index contributed by atoms with van der Waals surface area (Å²) in [6.45, 7) is 8.32. The van der Waals surface area contributed by atoms with Crippen molar-refractivity contribution in [3.05, 3.63) is 0 Å². The molecular formula is C10H27O4PSi. The fourth-order valence-corrected chi connectivity index (χ4v) is 9.58. The standard InChI is InChI=1S/C10H27O4PSi/c1-7-13-10(14-8-2)15(11,12,9-3)16(4,5)6/h10-12H,7-9H2,1-6H3. The quantitative estimate of drug-likeness (QED) is 0.424. The summed E-state index contributed by atoms with van der Waals surface area (Å²) in [5.41, 5.74) is 0. The minimum absolute atomic E-state index is 0.325. The van der Waals surface area contributed by atoms with Crippen LogP contribution in [0.5, 0.6) is 0 Å². The molecule has 0 bridgehead atoms. The number of rotatable bonds is 7. The van der Waals surface area contributed by atoms with Gasteiger partial charge in [0.05, 0.1) is 0 Å². The van der Waals surface area contributed by atoms with Gasteiger partial charge in [0.2, 0.25) is 0 Å². The Kier molecular flexibility index (Phi) is 5.59. The molecule has 0 heterocycles. The molecule has 100 valence electrons. The monoisotopic (exact) mass is 270 g/mol. The van der Waals surface area contributed by atoms with Crippen molar-refractivity contribution in [2.75, 3.05) is 19.4 Å². The number of ether oxygens (including phenoxy) is 2. The molecule has 0 saturated heterocycles. The van der Waals surface area contributed by atoms with Crippen LogP contribution in [-0.4, -0.2) is 42.9 Å². The Morgan fingerprint density at radius 2 is 1.38 bits per heavy atom. The molecule has 0 aliphatic heterocycles. The third kappa shape index (κ3) is 2.84. The van der Waals surface area contributed by atoms with E-state index in [1.54, 1.807) is 6.92 Å². The zero-order valence-electron chi connectivity index (χ0n) is 11.4. The maximum absolute atomic E-state index is 10.8. The number of hydrogen-bond acceptors (Lipinski definition) is 4. The molecule has 0 spiro atoms. The zero-order valence-corrected chi connectivity index (χ0v) is 13.3. The molecule has 0 aliphatic rings. The van der Waals surface area contributed by atoms with Gasteiger partial charge in [-0.3, -0.25) is 0 Å². The van der Waals surface area contributed by atoms with Gasteiger partial charge in [-0.15, -0.1) is 0 Å². The van der Waals surface area contributed by atoms with Crippen LogP contribution in [-0.2, 0) is 9.47 Å². The van der Waals surface area contributed by atoms with Crippen LogP contribution < -0.4 is 0 Å². The molecule has 0 amide bonds. The van der Waals surface area contributed by atoms with Gasteiger partial charge < -0.3 is 0 Å². The third-order valence-corrected chi connectivity index (χ3v) is 18.9. The molecule has 0 aromatic heterocycles. The maximum atomic E-state index is 10.8. The summed E-state index contributed by atoms with van der Waals surface area (Å²) in [5, 5.41) is 0. The molecule has 0 aromatic rings. The Morgan fingerprint density at radius 1 is 1.00 bits per heavy atom. The summed E-state index contributed by atoms with van der Waals surface area (Å²) >= 11 is 0. The molecule has 0 unspecified atom stereocenters. The molecule has 0 atom stereocenters. The average molecular weight is 270 g/mol. The molecule has 2 N–H and O–H groups in total. The fourth-order valence-electron chi connectivity index (χ4n) is 1.59. The predicted molar refractivity (Wildman–Crippen MR) is 72.3 cm³/mol. The van der Waals surface area contributed by atoms with Crippen LogP contribution in [0.25, 0.3) is 0 Å². The molecule has 0 fully saturated rings. The molecule has 0 rings (SSSR count). The van der Waals surface area contributed by atoms with E-state index in [-0.39, 0.29) is 0 Å². The SMILES string of the molecule is CCOC(OCC)P(O)(O)(CC)[Si](C)(C)C. The molecule has 0 saturated carbocycles. The van der Waals surface area contributed by atoms with Gasteiger partial charge in [0, 0.05) is 0 Å². The van der Waals surface area contributed by atoms with Crippen LogP contribution >= 0.6 is 6.61 Å². The summed E-state index contributed by atoms with van der Waals surface area (Å²) in [6.07, 6.45) is 0.325. The van der Waals surface area contributed by atoms with Gasteiger partial charge in [0.15, 0.2) is 0 Å². The van der Waals surface area contributed by atoms with E-state index in [0.717, 1.165) is 0 Å². The number of hydrogen-bond donors (Lipinski definition) is 2. The van der Waals surface area contributed by atoms with E-state index in [0.29, 0.717) is 19.4 Å². The summed E-state index contributed by atoms with van der Waals surface area (Å²) < 4.78 is 10.9. The van der Waals surface area contributed by atoms with E-state index in [9.17, 15) is 9.79 Å². The zero-order chi connectivity index (χ0) is 13.1. The third-order valence-electron chi connectivity index (χ3n) is 3.15. The molecule has 6 heteroatoms. The second-order valence-electron chi connectivity index (χ2n) is 4.98. The molecule has 0 aliphatic carbocycles. The Labute approximate surface area is 99.9 Å². The topological polar surface area (TPSA) is 58.9 Å². The van der Waals surface area contributed by atoms with E-state index in [4.69, 9.17) is 9.47 Å². The summed E-state index contributed by atoms with van der Waals surface area (Å²) in [6, 6.07) is -0.849. The second kappa shape index (κ2) is 5.42. The Hall–Kier alpha value is 0.487. The van der Waals surface area contributed by atoms with Crippen molar-refractivity contribution in [2.24, 2.45) is 0 Å². The Balaban J connectivity index is 5.31. The van der Waals surface area contributed by atoms with Crippen molar-refractivity contribution in [1.29, 1.82) is 0 Å². The first-order chi connectivity index (χ1) is 7.13. The molecule has 0 radical (unpaired) electrons. The van der Waals surface area contributed by atoms with Crippen LogP contribution in [0.15, 0.2) is 0 Å². The van der Waals surface area contributed by atoms with Crippen LogP contribution in [0.1, 0.15) is 20.8 Å². The van der Waals surface area contributed by atoms with E-state index in [2.05, 4.69) is 0 Å². The van der Waals surface area contributed by atoms with Crippen molar-refractivity contribution < 1.29 is 19.3 Å². The van der Waals surface area contributed by atoms with Gasteiger partial charge >= 0.3 is 99.4 Å². The predicted octanol–water partition coefficient (Wildman–Crippen LogP) is 2.57. The molecule has 0 aromatic carbocycles. The van der Waals surface area contributed by atoms with Gasteiger partial charge in [-0.1, -0.05) is 0 Å². The van der Waals surface area contributed by atoms with Crippen LogP contribution in [0, 0.1) is 0 Å². The van der Waals surface area contributed by atoms with Crippen molar-refractivity contribution in [3.8, 4) is 0 Å². The summed E-state index contributed by atoms with van der Waals surface area (Å²) in [4.78, 5) is 21.7. The first-order valence-electron chi connectivity index (χ1n) is 5.87. The van der Waals surface area contributed by atoms with E-state index in [1.807, 2.05) is 33.5 Å². The molecule has 4 nitrogen and oxygen atoms in total. The summed E-state index contributed by atoms with van der Waals surface area (Å²) in [5.74, 6) is 0.